The Bertz CT molecular complexity index is 445. The monoisotopic (exact) mass is 401 g/mol. The number of rotatable bonds is 5. The second kappa shape index (κ2) is 10.0. The lowest BCUT2D eigenvalue weighted by Gasteiger charge is -2.24. The Morgan fingerprint density at radius 1 is 1.24 bits per heavy atom. The summed E-state index contributed by atoms with van der Waals surface area (Å²) in [6.45, 7) is 7.06. The fourth-order valence-corrected chi connectivity index (χ4v) is 2.83. The van der Waals surface area contributed by atoms with Crippen LogP contribution in [0.3, 0.4) is 0 Å². The van der Waals surface area contributed by atoms with E-state index in [1.165, 1.54) is 30.4 Å². The molecule has 2 rings (SSSR count). The number of halogens is 1. The summed E-state index contributed by atoms with van der Waals surface area (Å²) < 4.78 is 0. The molecule has 1 aliphatic rings. The van der Waals surface area contributed by atoms with Gasteiger partial charge in [0, 0.05) is 25.6 Å². The number of benzene rings is 1. The Morgan fingerprint density at radius 2 is 2.05 bits per heavy atom. The molecule has 1 aromatic carbocycles. The molecule has 1 aromatic rings. The van der Waals surface area contributed by atoms with Crippen LogP contribution in [0.2, 0.25) is 0 Å². The number of hydrogen-bond donors (Lipinski definition) is 2. The molecule has 118 valence electrons. The Labute approximate surface area is 146 Å². The normalized spacial score (nSPS) is 17.6. The maximum Gasteiger partial charge on any atom is 0.191 e. The van der Waals surface area contributed by atoms with E-state index < -0.39 is 0 Å². The molecule has 0 aromatic heterocycles. The summed E-state index contributed by atoms with van der Waals surface area (Å²) >= 11 is 0. The number of hydrogen-bond acceptors (Lipinski definition) is 1. The van der Waals surface area contributed by atoms with Crippen LogP contribution in [0.4, 0.5) is 0 Å². The van der Waals surface area contributed by atoms with Crippen molar-refractivity contribution in [3.05, 3.63) is 35.4 Å². The van der Waals surface area contributed by atoms with Crippen molar-refractivity contribution >= 4 is 29.9 Å². The van der Waals surface area contributed by atoms with E-state index in [-0.39, 0.29) is 24.0 Å². The molecule has 0 bridgehead atoms. The zero-order valence-corrected chi connectivity index (χ0v) is 15.5. The van der Waals surface area contributed by atoms with E-state index in [1.807, 2.05) is 0 Å². The van der Waals surface area contributed by atoms with E-state index in [9.17, 15) is 0 Å². The molecule has 0 spiro atoms. The highest BCUT2D eigenvalue weighted by molar-refractivity contribution is 14.0. The molecule has 21 heavy (non-hydrogen) atoms. The predicted octanol–water partition coefficient (Wildman–Crippen LogP) is 3.69. The van der Waals surface area contributed by atoms with Gasteiger partial charge in [0.05, 0.1) is 0 Å². The van der Waals surface area contributed by atoms with Crippen molar-refractivity contribution in [2.24, 2.45) is 4.99 Å². The number of aryl methyl sites for hydroxylation is 1. The van der Waals surface area contributed by atoms with E-state index in [0.717, 1.165) is 32.0 Å². The molecular weight excluding hydrogens is 373 g/mol. The number of nitrogens with zero attached hydrogens (tertiary/aromatic N) is 1. The number of fused-ring (bicyclic) bond motifs is 1. The van der Waals surface area contributed by atoms with Crippen molar-refractivity contribution in [3.8, 4) is 0 Å². The third-order valence-electron chi connectivity index (χ3n) is 3.85. The van der Waals surface area contributed by atoms with Gasteiger partial charge in [0.2, 0.25) is 0 Å². The van der Waals surface area contributed by atoms with Crippen molar-refractivity contribution < 1.29 is 0 Å². The van der Waals surface area contributed by atoms with E-state index in [2.05, 4.69) is 48.7 Å². The summed E-state index contributed by atoms with van der Waals surface area (Å²) in [5.74, 6) is 1.54. The molecule has 1 atom stereocenters. The molecule has 0 radical (unpaired) electrons. The number of nitrogens with one attached hydrogen (secondary N) is 2. The highest BCUT2D eigenvalue weighted by Gasteiger charge is 2.19. The van der Waals surface area contributed by atoms with Gasteiger partial charge in [0.15, 0.2) is 5.96 Å². The quantitative estimate of drug-likeness (QED) is 0.449. The molecule has 0 saturated carbocycles. The van der Waals surface area contributed by atoms with Gasteiger partial charge in [-0.2, -0.15) is 0 Å². The van der Waals surface area contributed by atoms with Gasteiger partial charge >= 0.3 is 0 Å². The lowest BCUT2D eigenvalue weighted by Crippen LogP contribution is -2.38. The molecule has 1 unspecified atom stereocenters. The molecule has 0 amide bonds. The second-order valence-electron chi connectivity index (χ2n) is 5.43. The first-order valence-electron chi connectivity index (χ1n) is 7.95. The lowest BCUT2D eigenvalue weighted by atomic mass is 9.83. The van der Waals surface area contributed by atoms with Crippen LogP contribution in [0.15, 0.2) is 29.3 Å². The van der Waals surface area contributed by atoms with Crippen molar-refractivity contribution in [1.82, 2.24) is 10.6 Å². The third kappa shape index (κ3) is 5.49. The fourth-order valence-electron chi connectivity index (χ4n) is 2.83. The highest BCUT2D eigenvalue weighted by Crippen LogP contribution is 2.31. The van der Waals surface area contributed by atoms with E-state index in [4.69, 9.17) is 4.99 Å². The maximum atomic E-state index is 4.77. The first-order valence-corrected chi connectivity index (χ1v) is 7.95. The molecule has 0 heterocycles. The third-order valence-corrected chi connectivity index (χ3v) is 3.85. The SMILES string of the molecule is CCCNC(=NCC1CCCc2ccccc21)NCC.I. The summed E-state index contributed by atoms with van der Waals surface area (Å²) in [5.41, 5.74) is 3.03. The maximum absolute atomic E-state index is 4.77. The lowest BCUT2D eigenvalue weighted by molar-refractivity contribution is 0.559. The average Bonchev–Trinajstić information content (AvgIpc) is 2.50. The average molecular weight is 401 g/mol. The largest absolute Gasteiger partial charge is 0.357 e. The van der Waals surface area contributed by atoms with Crippen LogP contribution in [-0.4, -0.2) is 25.6 Å². The van der Waals surface area contributed by atoms with Gasteiger partial charge in [-0.1, -0.05) is 31.2 Å². The Morgan fingerprint density at radius 3 is 2.81 bits per heavy atom. The second-order valence-corrected chi connectivity index (χ2v) is 5.43. The van der Waals surface area contributed by atoms with E-state index >= 15 is 0 Å². The summed E-state index contributed by atoms with van der Waals surface area (Å²) in [6, 6.07) is 8.85. The van der Waals surface area contributed by atoms with Crippen LogP contribution in [0, 0.1) is 0 Å². The summed E-state index contributed by atoms with van der Waals surface area (Å²) in [5, 5.41) is 6.69. The van der Waals surface area contributed by atoms with Crippen molar-refractivity contribution in [3.63, 3.8) is 0 Å². The van der Waals surface area contributed by atoms with E-state index in [1.54, 1.807) is 0 Å². The van der Waals surface area contributed by atoms with Crippen LogP contribution in [0.25, 0.3) is 0 Å². The molecule has 1 aliphatic carbocycles. The number of guanidine groups is 1. The van der Waals surface area contributed by atoms with Crippen LogP contribution in [0.5, 0.6) is 0 Å². The van der Waals surface area contributed by atoms with Gasteiger partial charge in [-0.3, -0.25) is 4.99 Å². The first-order chi connectivity index (χ1) is 9.85. The minimum Gasteiger partial charge on any atom is -0.357 e. The fraction of sp³-hybridized carbons (Fsp3) is 0.588. The smallest absolute Gasteiger partial charge is 0.191 e. The Kier molecular flexibility index (Phi) is 8.73. The van der Waals surface area contributed by atoms with Crippen molar-refractivity contribution in [2.45, 2.75) is 45.4 Å². The Balaban J connectivity index is 0.00000220. The highest BCUT2D eigenvalue weighted by atomic mass is 127. The molecular formula is C17H28IN3. The number of aliphatic imine (C=N–C) groups is 1. The van der Waals surface area contributed by atoms with Gasteiger partial charge < -0.3 is 10.6 Å². The Hall–Kier alpha value is -0.780. The van der Waals surface area contributed by atoms with Gasteiger partial charge in [-0.05, 0) is 43.7 Å². The summed E-state index contributed by atoms with van der Waals surface area (Å²) in [6.07, 6.45) is 4.89. The predicted molar refractivity (Wildman–Crippen MR) is 102 cm³/mol. The topological polar surface area (TPSA) is 36.4 Å². The standard InChI is InChI=1S/C17H27N3.HI/c1-3-12-19-17(18-4-2)20-13-15-10-7-9-14-8-5-6-11-16(14)15;/h5-6,8,11,15H,3-4,7,9-10,12-13H2,1-2H3,(H2,18,19,20);1H. The molecule has 3 nitrogen and oxygen atoms in total. The molecule has 4 heteroatoms. The molecule has 2 N–H and O–H groups in total. The van der Waals surface area contributed by atoms with Gasteiger partial charge in [0.25, 0.3) is 0 Å². The van der Waals surface area contributed by atoms with Crippen molar-refractivity contribution in [1.29, 1.82) is 0 Å². The van der Waals surface area contributed by atoms with Gasteiger partial charge in [-0.15, -0.1) is 24.0 Å². The summed E-state index contributed by atoms with van der Waals surface area (Å²) in [7, 11) is 0. The minimum absolute atomic E-state index is 0. The van der Waals surface area contributed by atoms with Crippen LogP contribution < -0.4 is 10.6 Å². The van der Waals surface area contributed by atoms with Crippen LogP contribution >= 0.6 is 24.0 Å². The minimum atomic E-state index is 0. The molecule has 0 fully saturated rings. The molecule has 0 aliphatic heterocycles. The zero-order valence-electron chi connectivity index (χ0n) is 13.2. The van der Waals surface area contributed by atoms with E-state index in [0.29, 0.717) is 5.92 Å². The van der Waals surface area contributed by atoms with Gasteiger partial charge in [-0.25, -0.2) is 0 Å². The van der Waals surface area contributed by atoms with Crippen LogP contribution in [-0.2, 0) is 6.42 Å². The summed E-state index contributed by atoms with van der Waals surface area (Å²) in [4.78, 5) is 4.77. The first kappa shape index (κ1) is 18.3. The van der Waals surface area contributed by atoms with Crippen molar-refractivity contribution in [2.75, 3.05) is 19.6 Å². The van der Waals surface area contributed by atoms with Crippen LogP contribution in [0.1, 0.15) is 50.2 Å². The van der Waals surface area contributed by atoms with Gasteiger partial charge in [0.1, 0.15) is 0 Å². The molecule has 0 saturated heterocycles. The zero-order chi connectivity index (χ0) is 14.2.